The van der Waals surface area contributed by atoms with Crippen molar-refractivity contribution in [3.8, 4) is 5.75 Å². The van der Waals surface area contributed by atoms with Gasteiger partial charge in [-0.1, -0.05) is 0 Å². The van der Waals surface area contributed by atoms with E-state index in [4.69, 9.17) is 4.74 Å². The lowest BCUT2D eigenvalue weighted by Crippen LogP contribution is -2.28. The number of ether oxygens (including phenoxy) is 1. The lowest BCUT2D eigenvalue weighted by molar-refractivity contribution is -0.120. The average Bonchev–Trinajstić information content (AvgIpc) is 2.36. The first kappa shape index (κ1) is 14.4. The highest BCUT2D eigenvalue weighted by Crippen LogP contribution is 2.19. The number of carbonyl (C=O) groups is 1. The van der Waals surface area contributed by atoms with E-state index in [1.54, 1.807) is 20.2 Å². The van der Waals surface area contributed by atoms with Crippen molar-refractivity contribution in [1.29, 1.82) is 0 Å². The molecule has 0 spiro atoms. The Bertz CT molecular complexity index is 397. The van der Waals surface area contributed by atoms with E-state index in [0.717, 1.165) is 5.56 Å². The SMILES string of the molecule is CNCCC(=O)NCCc1cc(F)ccc1OC. The van der Waals surface area contributed by atoms with Gasteiger partial charge in [0.25, 0.3) is 0 Å². The van der Waals surface area contributed by atoms with Crippen LogP contribution >= 0.6 is 0 Å². The van der Waals surface area contributed by atoms with E-state index in [2.05, 4.69) is 10.6 Å². The highest BCUT2D eigenvalue weighted by Gasteiger charge is 2.05. The van der Waals surface area contributed by atoms with Crippen molar-refractivity contribution >= 4 is 5.91 Å². The molecule has 0 saturated heterocycles. The van der Waals surface area contributed by atoms with Crippen LogP contribution in [0, 0.1) is 5.82 Å². The quantitative estimate of drug-likeness (QED) is 0.766. The third kappa shape index (κ3) is 4.71. The molecule has 0 unspecified atom stereocenters. The zero-order valence-corrected chi connectivity index (χ0v) is 10.8. The van der Waals surface area contributed by atoms with Gasteiger partial charge in [-0.05, 0) is 37.2 Å². The second-order valence-corrected chi connectivity index (χ2v) is 3.91. The summed E-state index contributed by atoms with van der Waals surface area (Å²) >= 11 is 0. The molecule has 0 bridgehead atoms. The molecule has 0 aliphatic carbocycles. The van der Waals surface area contributed by atoms with Gasteiger partial charge in [0.15, 0.2) is 0 Å². The largest absolute Gasteiger partial charge is 0.496 e. The Balaban J connectivity index is 2.43. The lowest BCUT2D eigenvalue weighted by Gasteiger charge is -2.09. The second-order valence-electron chi connectivity index (χ2n) is 3.91. The molecular formula is C13H19FN2O2. The highest BCUT2D eigenvalue weighted by atomic mass is 19.1. The number of hydrogen-bond donors (Lipinski definition) is 2. The van der Waals surface area contributed by atoms with Crippen LogP contribution in [-0.2, 0) is 11.2 Å². The first-order chi connectivity index (χ1) is 8.67. The van der Waals surface area contributed by atoms with Crippen molar-refractivity contribution in [2.45, 2.75) is 12.8 Å². The number of nitrogens with one attached hydrogen (secondary N) is 2. The molecule has 0 aliphatic heterocycles. The first-order valence-electron chi connectivity index (χ1n) is 5.91. The summed E-state index contributed by atoms with van der Waals surface area (Å²) in [5, 5.41) is 5.68. The Morgan fingerprint density at radius 3 is 2.83 bits per heavy atom. The Hall–Kier alpha value is -1.62. The Kier molecular flexibility index (Phi) is 6.14. The van der Waals surface area contributed by atoms with Crippen LogP contribution in [0.5, 0.6) is 5.75 Å². The summed E-state index contributed by atoms with van der Waals surface area (Å²) in [5.74, 6) is 0.327. The predicted octanol–water partition coefficient (Wildman–Crippen LogP) is 1.10. The maximum atomic E-state index is 13.1. The van der Waals surface area contributed by atoms with Crippen molar-refractivity contribution in [2.75, 3.05) is 27.2 Å². The van der Waals surface area contributed by atoms with Gasteiger partial charge in [0, 0.05) is 19.5 Å². The average molecular weight is 254 g/mol. The summed E-state index contributed by atoms with van der Waals surface area (Å²) in [6.07, 6.45) is 0.989. The highest BCUT2D eigenvalue weighted by molar-refractivity contribution is 5.76. The number of benzene rings is 1. The molecular weight excluding hydrogens is 235 g/mol. The van der Waals surface area contributed by atoms with Crippen molar-refractivity contribution in [3.05, 3.63) is 29.6 Å². The number of rotatable bonds is 7. The van der Waals surface area contributed by atoms with Crippen LogP contribution < -0.4 is 15.4 Å². The third-order valence-corrected chi connectivity index (χ3v) is 2.56. The molecule has 1 aromatic carbocycles. The minimum Gasteiger partial charge on any atom is -0.496 e. The van der Waals surface area contributed by atoms with Crippen LogP contribution in [0.15, 0.2) is 18.2 Å². The van der Waals surface area contributed by atoms with Crippen LogP contribution in [0.2, 0.25) is 0 Å². The summed E-state index contributed by atoms with van der Waals surface area (Å²) in [7, 11) is 3.34. The third-order valence-electron chi connectivity index (χ3n) is 2.56. The number of halogens is 1. The van der Waals surface area contributed by atoms with Gasteiger partial charge in [0.05, 0.1) is 7.11 Å². The van der Waals surface area contributed by atoms with Gasteiger partial charge in [-0.3, -0.25) is 4.79 Å². The van der Waals surface area contributed by atoms with E-state index >= 15 is 0 Å². The zero-order chi connectivity index (χ0) is 13.4. The minimum atomic E-state index is -0.299. The van der Waals surface area contributed by atoms with Gasteiger partial charge < -0.3 is 15.4 Å². The van der Waals surface area contributed by atoms with Crippen molar-refractivity contribution in [2.24, 2.45) is 0 Å². The number of methoxy groups -OCH3 is 1. The van der Waals surface area contributed by atoms with Gasteiger partial charge in [0.1, 0.15) is 11.6 Å². The summed E-state index contributed by atoms with van der Waals surface area (Å²) in [5.41, 5.74) is 0.756. The molecule has 0 heterocycles. The van der Waals surface area contributed by atoms with E-state index in [-0.39, 0.29) is 11.7 Å². The molecule has 2 N–H and O–H groups in total. The van der Waals surface area contributed by atoms with E-state index in [0.29, 0.717) is 31.7 Å². The van der Waals surface area contributed by atoms with Crippen LogP contribution in [0.4, 0.5) is 4.39 Å². The minimum absolute atomic E-state index is 0.0141. The predicted molar refractivity (Wildman–Crippen MR) is 68.2 cm³/mol. The van der Waals surface area contributed by atoms with Gasteiger partial charge in [-0.25, -0.2) is 4.39 Å². The van der Waals surface area contributed by atoms with E-state index in [9.17, 15) is 9.18 Å². The molecule has 18 heavy (non-hydrogen) atoms. The molecule has 1 rings (SSSR count). The van der Waals surface area contributed by atoms with Crippen molar-refractivity contribution in [1.82, 2.24) is 10.6 Å². The van der Waals surface area contributed by atoms with E-state index in [1.807, 2.05) is 0 Å². The Morgan fingerprint density at radius 2 is 2.17 bits per heavy atom. The standard InChI is InChI=1S/C13H19FN2O2/c1-15-7-6-13(17)16-8-5-10-9-11(14)3-4-12(10)18-2/h3-4,9,15H,5-8H2,1-2H3,(H,16,17). The normalized spacial score (nSPS) is 10.2. The number of hydrogen-bond acceptors (Lipinski definition) is 3. The van der Waals surface area contributed by atoms with Gasteiger partial charge >= 0.3 is 0 Å². The van der Waals surface area contributed by atoms with Crippen LogP contribution in [-0.4, -0.2) is 33.2 Å². The molecule has 0 atom stereocenters. The fourth-order valence-corrected chi connectivity index (χ4v) is 1.61. The molecule has 4 nitrogen and oxygen atoms in total. The number of carbonyl (C=O) groups excluding carboxylic acids is 1. The molecule has 1 amide bonds. The topological polar surface area (TPSA) is 50.4 Å². The molecule has 5 heteroatoms. The number of amides is 1. The first-order valence-corrected chi connectivity index (χ1v) is 5.91. The second kappa shape index (κ2) is 7.66. The van der Waals surface area contributed by atoms with Crippen molar-refractivity contribution in [3.63, 3.8) is 0 Å². The fraction of sp³-hybridized carbons (Fsp3) is 0.462. The van der Waals surface area contributed by atoms with Crippen LogP contribution in [0.1, 0.15) is 12.0 Å². The van der Waals surface area contributed by atoms with Crippen LogP contribution in [0.3, 0.4) is 0 Å². The lowest BCUT2D eigenvalue weighted by atomic mass is 10.1. The molecule has 0 fully saturated rings. The molecule has 0 aromatic heterocycles. The Labute approximate surface area is 107 Å². The summed E-state index contributed by atoms with van der Waals surface area (Å²) in [6.45, 7) is 1.12. The van der Waals surface area contributed by atoms with E-state index in [1.165, 1.54) is 12.1 Å². The van der Waals surface area contributed by atoms with E-state index < -0.39 is 0 Å². The molecule has 100 valence electrons. The molecule has 1 aromatic rings. The monoisotopic (exact) mass is 254 g/mol. The maximum Gasteiger partial charge on any atom is 0.221 e. The summed E-state index contributed by atoms with van der Waals surface area (Å²) < 4.78 is 18.2. The van der Waals surface area contributed by atoms with Gasteiger partial charge in [-0.2, -0.15) is 0 Å². The van der Waals surface area contributed by atoms with Crippen molar-refractivity contribution < 1.29 is 13.9 Å². The van der Waals surface area contributed by atoms with Gasteiger partial charge in [-0.15, -0.1) is 0 Å². The molecule has 0 saturated carbocycles. The smallest absolute Gasteiger partial charge is 0.221 e. The summed E-state index contributed by atoms with van der Waals surface area (Å²) in [4.78, 5) is 11.4. The molecule has 0 aliphatic rings. The summed E-state index contributed by atoms with van der Waals surface area (Å²) in [6, 6.07) is 4.37. The maximum absolute atomic E-state index is 13.1. The zero-order valence-electron chi connectivity index (χ0n) is 10.8. The van der Waals surface area contributed by atoms with Gasteiger partial charge in [0.2, 0.25) is 5.91 Å². The Morgan fingerprint density at radius 1 is 1.39 bits per heavy atom. The van der Waals surface area contributed by atoms with Crippen LogP contribution in [0.25, 0.3) is 0 Å². The fourth-order valence-electron chi connectivity index (χ4n) is 1.61. The molecule has 0 radical (unpaired) electrons.